The van der Waals surface area contributed by atoms with E-state index in [1.807, 2.05) is 49.5 Å². The number of halogens is 1. The second-order valence-electron chi connectivity index (χ2n) is 5.04. The normalized spacial score (nSPS) is 10.8. The van der Waals surface area contributed by atoms with Gasteiger partial charge in [-0.15, -0.1) is 0 Å². The molecule has 3 rings (SSSR count). The quantitative estimate of drug-likeness (QED) is 0.637. The van der Waals surface area contributed by atoms with E-state index in [1.54, 1.807) is 0 Å². The molecule has 112 valence electrons. The molecule has 0 aliphatic carbocycles. The average molecular weight is 358 g/mol. The number of rotatable bonds is 4. The molecule has 0 N–H and O–H groups in total. The number of hydrogen-bond acceptors (Lipinski definition) is 2. The van der Waals surface area contributed by atoms with Crippen molar-refractivity contribution < 1.29 is 9.53 Å². The van der Waals surface area contributed by atoms with E-state index in [1.165, 1.54) is 5.56 Å². The third kappa shape index (κ3) is 2.92. The van der Waals surface area contributed by atoms with Crippen LogP contribution in [0, 0.1) is 0 Å². The first kappa shape index (κ1) is 14.9. The number of aromatic nitrogens is 1. The molecule has 0 unspecified atom stereocenters. The molecule has 0 spiro atoms. The molecule has 2 aromatic carbocycles. The molecule has 0 atom stereocenters. The van der Waals surface area contributed by atoms with E-state index < -0.39 is 0 Å². The van der Waals surface area contributed by atoms with E-state index >= 15 is 0 Å². The highest BCUT2D eigenvalue weighted by Crippen LogP contribution is 2.26. The van der Waals surface area contributed by atoms with Gasteiger partial charge >= 0.3 is 5.97 Å². The molecule has 0 saturated carbocycles. The summed E-state index contributed by atoms with van der Waals surface area (Å²) in [6.45, 7) is 2.91. The lowest BCUT2D eigenvalue weighted by molar-refractivity contribution is 0.0528. The van der Waals surface area contributed by atoms with Gasteiger partial charge in [0.15, 0.2) is 0 Å². The fraction of sp³-hybridized carbons (Fsp3) is 0.167. The van der Waals surface area contributed by atoms with Gasteiger partial charge < -0.3 is 9.30 Å². The topological polar surface area (TPSA) is 31.2 Å². The number of hydrogen-bond donors (Lipinski definition) is 0. The lowest BCUT2D eigenvalue weighted by Crippen LogP contribution is -2.04. The van der Waals surface area contributed by atoms with Gasteiger partial charge in [0.25, 0.3) is 0 Å². The maximum atomic E-state index is 12.2. The van der Waals surface area contributed by atoms with Gasteiger partial charge in [0, 0.05) is 28.1 Å². The molecule has 22 heavy (non-hydrogen) atoms. The number of esters is 1. The molecule has 3 nitrogen and oxygen atoms in total. The summed E-state index contributed by atoms with van der Waals surface area (Å²) in [5, 5.41) is 0.906. The van der Waals surface area contributed by atoms with Crippen molar-refractivity contribution in [1.29, 1.82) is 0 Å². The first-order chi connectivity index (χ1) is 10.7. The minimum Gasteiger partial charge on any atom is -0.462 e. The predicted molar refractivity (Wildman–Crippen MR) is 91.1 cm³/mol. The van der Waals surface area contributed by atoms with Crippen molar-refractivity contribution in [3.63, 3.8) is 0 Å². The summed E-state index contributed by atoms with van der Waals surface area (Å²) in [5.74, 6) is -0.280. The highest BCUT2D eigenvalue weighted by atomic mass is 79.9. The van der Waals surface area contributed by atoms with Crippen LogP contribution in [0.1, 0.15) is 22.8 Å². The van der Waals surface area contributed by atoms with Gasteiger partial charge in [-0.05, 0) is 30.7 Å². The Morgan fingerprint density at radius 1 is 1.18 bits per heavy atom. The summed E-state index contributed by atoms with van der Waals surface area (Å²) in [4.78, 5) is 12.2. The molecule has 0 aliphatic heterocycles. The van der Waals surface area contributed by atoms with Gasteiger partial charge in [0.2, 0.25) is 0 Å². The van der Waals surface area contributed by atoms with E-state index in [4.69, 9.17) is 4.74 Å². The van der Waals surface area contributed by atoms with Crippen LogP contribution in [0.2, 0.25) is 0 Å². The number of ether oxygens (including phenoxy) is 1. The molecule has 4 heteroatoms. The van der Waals surface area contributed by atoms with Crippen LogP contribution < -0.4 is 0 Å². The Morgan fingerprint density at radius 3 is 2.68 bits per heavy atom. The molecule has 0 saturated heterocycles. The lowest BCUT2D eigenvalue weighted by Gasteiger charge is -2.05. The SMILES string of the molecule is CCOC(=O)c1cn(Cc2ccccc2)c2ccc(Br)cc12. The first-order valence-electron chi connectivity index (χ1n) is 7.18. The minimum atomic E-state index is -0.280. The third-order valence-corrected chi connectivity index (χ3v) is 4.03. The summed E-state index contributed by atoms with van der Waals surface area (Å²) >= 11 is 3.47. The van der Waals surface area contributed by atoms with Crippen LogP contribution in [-0.2, 0) is 11.3 Å². The van der Waals surface area contributed by atoms with Crippen LogP contribution in [0.25, 0.3) is 10.9 Å². The first-order valence-corrected chi connectivity index (χ1v) is 7.97. The maximum Gasteiger partial charge on any atom is 0.340 e. The molecule has 0 radical (unpaired) electrons. The Morgan fingerprint density at radius 2 is 1.95 bits per heavy atom. The molecule has 0 bridgehead atoms. The monoisotopic (exact) mass is 357 g/mol. The molecule has 0 aliphatic rings. The van der Waals surface area contributed by atoms with Crippen LogP contribution in [0.15, 0.2) is 59.2 Å². The third-order valence-electron chi connectivity index (χ3n) is 3.53. The van der Waals surface area contributed by atoms with Crippen LogP contribution in [-0.4, -0.2) is 17.1 Å². The Balaban J connectivity index is 2.09. The highest BCUT2D eigenvalue weighted by Gasteiger charge is 2.16. The predicted octanol–water partition coefficient (Wildman–Crippen LogP) is 4.63. The number of fused-ring (bicyclic) bond motifs is 1. The van der Waals surface area contributed by atoms with Crippen molar-refractivity contribution in [2.24, 2.45) is 0 Å². The summed E-state index contributed by atoms with van der Waals surface area (Å²) in [5.41, 5.74) is 2.82. The van der Waals surface area contributed by atoms with Crippen molar-refractivity contribution in [2.75, 3.05) is 6.61 Å². The molecule has 1 aromatic heterocycles. The Labute approximate surface area is 137 Å². The van der Waals surface area contributed by atoms with E-state index in [0.29, 0.717) is 12.2 Å². The van der Waals surface area contributed by atoms with E-state index in [2.05, 4.69) is 32.6 Å². The van der Waals surface area contributed by atoms with Crippen LogP contribution in [0.3, 0.4) is 0 Å². The fourth-order valence-corrected chi connectivity index (χ4v) is 2.91. The van der Waals surface area contributed by atoms with Crippen molar-refractivity contribution in [3.05, 3.63) is 70.3 Å². The molecule has 0 amide bonds. The van der Waals surface area contributed by atoms with E-state index in [9.17, 15) is 4.79 Å². The second kappa shape index (κ2) is 6.36. The standard InChI is InChI=1S/C18H16BrNO2/c1-2-22-18(21)16-12-20(11-13-6-4-3-5-7-13)17-9-8-14(19)10-15(16)17/h3-10,12H,2,11H2,1H3. The largest absolute Gasteiger partial charge is 0.462 e. The van der Waals surface area contributed by atoms with Crippen molar-refractivity contribution in [1.82, 2.24) is 4.57 Å². The van der Waals surface area contributed by atoms with Gasteiger partial charge in [-0.3, -0.25) is 0 Å². The molecular formula is C18H16BrNO2. The Bertz CT molecular complexity index is 809. The summed E-state index contributed by atoms with van der Waals surface area (Å²) in [7, 11) is 0. The van der Waals surface area contributed by atoms with Gasteiger partial charge in [-0.2, -0.15) is 0 Å². The summed E-state index contributed by atoms with van der Waals surface area (Å²) < 4.78 is 8.21. The summed E-state index contributed by atoms with van der Waals surface area (Å²) in [6, 6.07) is 16.2. The minimum absolute atomic E-state index is 0.280. The van der Waals surface area contributed by atoms with Crippen LogP contribution >= 0.6 is 15.9 Å². The average Bonchev–Trinajstić information content (AvgIpc) is 2.86. The van der Waals surface area contributed by atoms with E-state index in [-0.39, 0.29) is 5.97 Å². The zero-order valence-corrected chi connectivity index (χ0v) is 13.8. The van der Waals surface area contributed by atoms with Crippen molar-refractivity contribution >= 4 is 32.8 Å². The maximum absolute atomic E-state index is 12.2. The van der Waals surface area contributed by atoms with Crippen LogP contribution in [0.4, 0.5) is 0 Å². The van der Waals surface area contributed by atoms with Gasteiger partial charge in [-0.25, -0.2) is 4.79 Å². The van der Waals surface area contributed by atoms with Gasteiger partial charge in [0.1, 0.15) is 0 Å². The molecule has 1 heterocycles. The highest BCUT2D eigenvalue weighted by molar-refractivity contribution is 9.10. The van der Waals surface area contributed by atoms with Crippen molar-refractivity contribution in [3.8, 4) is 0 Å². The van der Waals surface area contributed by atoms with Gasteiger partial charge in [-0.1, -0.05) is 46.3 Å². The Kier molecular flexibility index (Phi) is 4.29. The Hall–Kier alpha value is -2.07. The fourth-order valence-electron chi connectivity index (χ4n) is 2.55. The zero-order valence-electron chi connectivity index (χ0n) is 12.3. The van der Waals surface area contributed by atoms with Gasteiger partial charge in [0.05, 0.1) is 12.2 Å². The zero-order chi connectivity index (χ0) is 15.5. The number of nitrogens with zero attached hydrogens (tertiary/aromatic N) is 1. The summed E-state index contributed by atoms with van der Waals surface area (Å²) in [6.07, 6.45) is 1.88. The van der Waals surface area contributed by atoms with Crippen LogP contribution in [0.5, 0.6) is 0 Å². The van der Waals surface area contributed by atoms with Crippen molar-refractivity contribution in [2.45, 2.75) is 13.5 Å². The lowest BCUT2D eigenvalue weighted by atomic mass is 10.2. The molecule has 3 aromatic rings. The number of carbonyl (C=O) groups excluding carboxylic acids is 1. The number of benzene rings is 2. The smallest absolute Gasteiger partial charge is 0.340 e. The second-order valence-corrected chi connectivity index (χ2v) is 5.95. The molecule has 0 fully saturated rings. The number of carbonyl (C=O) groups is 1. The molecular weight excluding hydrogens is 342 g/mol. The van der Waals surface area contributed by atoms with E-state index in [0.717, 1.165) is 21.9 Å².